The van der Waals surface area contributed by atoms with Gasteiger partial charge in [-0.3, -0.25) is 0 Å². The maximum Gasteiger partial charge on any atom is 0.0725 e. The van der Waals surface area contributed by atoms with Crippen molar-refractivity contribution in [2.45, 2.75) is 33.1 Å². The molecule has 0 amide bonds. The van der Waals surface area contributed by atoms with E-state index in [2.05, 4.69) is 37.4 Å². The van der Waals surface area contributed by atoms with E-state index in [1.54, 1.807) is 0 Å². The zero-order valence-corrected chi connectivity index (χ0v) is 8.13. The van der Waals surface area contributed by atoms with Gasteiger partial charge in [0.25, 0.3) is 0 Å². The molecule has 2 nitrogen and oxygen atoms in total. The van der Waals surface area contributed by atoms with Crippen LogP contribution in [0.5, 0.6) is 0 Å². The van der Waals surface area contributed by atoms with Gasteiger partial charge in [-0.15, -0.1) is 0 Å². The molecule has 0 bridgehead atoms. The van der Waals surface area contributed by atoms with Crippen molar-refractivity contribution in [1.29, 1.82) is 0 Å². The molecule has 1 heterocycles. The normalized spacial score (nSPS) is 14.7. The van der Waals surface area contributed by atoms with Gasteiger partial charge >= 0.3 is 0 Å². The number of hydrogen-bond donors (Lipinski definition) is 1. The molecule has 1 aromatic carbocycles. The summed E-state index contributed by atoms with van der Waals surface area (Å²) in [7, 11) is 0. The molecule has 13 heavy (non-hydrogen) atoms. The largest absolute Gasteiger partial charge is 0.383 e. The Kier molecular flexibility index (Phi) is 2.23. The van der Waals surface area contributed by atoms with Crippen LogP contribution >= 0.6 is 0 Å². The van der Waals surface area contributed by atoms with Crippen LogP contribution in [0, 0.1) is 0 Å². The second kappa shape index (κ2) is 3.38. The van der Waals surface area contributed by atoms with E-state index in [1.807, 2.05) is 0 Å². The number of anilines is 1. The summed E-state index contributed by atoms with van der Waals surface area (Å²) in [6.07, 6.45) is 0. The topological polar surface area (TPSA) is 21.3 Å². The van der Waals surface area contributed by atoms with Gasteiger partial charge in [0.05, 0.1) is 13.2 Å². The van der Waals surface area contributed by atoms with Crippen LogP contribution in [-0.2, 0) is 18.0 Å². The molecule has 0 atom stereocenters. The molecule has 1 N–H and O–H groups in total. The van der Waals surface area contributed by atoms with Gasteiger partial charge in [0.15, 0.2) is 0 Å². The fourth-order valence-corrected chi connectivity index (χ4v) is 1.60. The van der Waals surface area contributed by atoms with Crippen LogP contribution in [-0.4, -0.2) is 6.04 Å². The van der Waals surface area contributed by atoms with E-state index in [4.69, 9.17) is 4.74 Å². The van der Waals surface area contributed by atoms with Gasteiger partial charge in [-0.2, -0.15) is 0 Å². The molecule has 0 aromatic heterocycles. The molecule has 1 aromatic rings. The Bertz CT molecular complexity index is 307. The molecule has 2 heteroatoms. The van der Waals surface area contributed by atoms with E-state index in [0.29, 0.717) is 6.04 Å². The minimum Gasteiger partial charge on any atom is -0.383 e. The highest BCUT2D eigenvalue weighted by Crippen LogP contribution is 2.23. The predicted octanol–water partition coefficient (Wildman–Crippen LogP) is 2.54. The molecular weight excluding hydrogens is 162 g/mol. The fourth-order valence-electron chi connectivity index (χ4n) is 1.60. The number of benzene rings is 1. The number of hydrogen-bond acceptors (Lipinski definition) is 2. The number of rotatable bonds is 2. The first kappa shape index (κ1) is 8.57. The van der Waals surface area contributed by atoms with Crippen LogP contribution in [0.1, 0.15) is 25.0 Å². The maximum atomic E-state index is 5.35. The summed E-state index contributed by atoms with van der Waals surface area (Å²) in [6, 6.07) is 6.93. The van der Waals surface area contributed by atoms with E-state index in [1.165, 1.54) is 16.8 Å². The molecule has 0 radical (unpaired) electrons. The molecule has 2 rings (SSSR count). The molecule has 1 aliphatic rings. The van der Waals surface area contributed by atoms with E-state index in [9.17, 15) is 0 Å². The summed E-state index contributed by atoms with van der Waals surface area (Å²) in [5.74, 6) is 0. The summed E-state index contributed by atoms with van der Waals surface area (Å²) in [5, 5.41) is 3.38. The average molecular weight is 177 g/mol. The lowest BCUT2D eigenvalue weighted by Crippen LogP contribution is -2.09. The second-order valence-corrected chi connectivity index (χ2v) is 3.78. The summed E-state index contributed by atoms with van der Waals surface area (Å²) < 4.78 is 5.35. The Morgan fingerprint density at radius 2 is 2.00 bits per heavy atom. The summed E-state index contributed by atoms with van der Waals surface area (Å²) >= 11 is 0. The zero-order valence-electron chi connectivity index (χ0n) is 8.13. The summed E-state index contributed by atoms with van der Waals surface area (Å²) in [4.78, 5) is 0. The van der Waals surface area contributed by atoms with Gasteiger partial charge in [0, 0.05) is 11.7 Å². The van der Waals surface area contributed by atoms with Gasteiger partial charge in [-0.05, 0) is 37.1 Å². The Labute approximate surface area is 78.9 Å². The minimum absolute atomic E-state index is 0.486. The number of ether oxygens (including phenoxy) is 1. The molecule has 0 spiro atoms. The first-order valence-corrected chi connectivity index (χ1v) is 4.72. The summed E-state index contributed by atoms with van der Waals surface area (Å²) in [6.45, 7) is 5.83. The van der Waals surface area contributed by atoms with Crippen molar-refractivity contribution in [3.8, 4) is 0 Å². The van der Waals surface area contributed by atoms with Gasteiger partial charge in [0.1, 0.15) is 0 Å². The molecule has 0 saturated heterocycles. The van der Waals surface area contributed by atoms with Crippen LogP contribution in [0.4, 0.5) is 5.69 Å². The van der Waals surface area contributed by atoms with Crippen LogP contribution in [0.2, 0.25) is 0 Å². The van der Waals surface area contributed by atoms with Crippen molar-refractivity contribution >= 4 is 5.69 Å². The highest BCUT2D eigenvalue weighted by Gasteiger charge is 2.10. The highest BCUT2D eigenvalue weighted by molar-refractivity contribution is 5.49. The van der Waals surface area contributed by atoms with E-state index in [0.717, 1.165) is 13.2 Å². The third-order valence-corrected chi connectivity index (χ3v) is 2.18. The SMILES string of the molecule is CC(C)Nc1ccc2c(c1)COC2. The fraction of sp³-hybridized carbons (Fsp3) is 0.455. The molecular formula is C11H15NO. The Morgan fingerprint density at radius 1 is 1.23 bits per heavy atom. The Hall–Kier alpha value is -1.02. The lowest BCUT2D eigenvalue weighted by molar-refractivity contribution is 0.134. The molecule has 0 aliphatic carbocycles. The highest BCUT2D eigenvalue weighted by atomic mass is 16.5. The first-order chi connectivity index (χ1) is 6.25. The second-order valence-electron chi connectivity index (χ2n) is 3.78. The zero-order chi connectivity index (χ0) is 9.26. The average Bonchev–Trinajstić information content (AvgIpc) is 2.49. The van der Waals surface area contributed by atoms with Gasteiger partial charge < -0.3 is 10.1 Å². The van der Waals surface area contributed by atoms with E-state index >= 15 is 0 Å². The van der Waals surface area contributed by atoms with Crippen molar-refractivity contribution in [2.24, 2.45) is 0 Å². The smallest absolute Gasteiger partial charge is 0.0725 e. The first-order valence-electron chi connectivity index (χ1n) is 4.72. The van der Waals surface area contributed by atoms with Crippen molar-refractivity contribution in [2.75, 3.05) is 5.32 Å². The van der Waals surface area contributed by atoms with Crippen molar-refractivity contribution in [3.63, 3.8) is 0 Å². The standard InChI is InChI=1S/C11H15NO/c1-8(2)12-11-4-3-9-6-13-7-10(9)5-11/h3-5,8,12H,6-7H2,1-2H3. The van der Waals surface area contributed by atoms with Crippen LogP contribution < -0.4 is 5.32 Å². The molecule has 0 fully saturated rings. The monoisotopic (exact) mass is 177 g/mol. The van der Waals surface area contributed by atoms with Crippen molar-refractivity contribution < 1.29 is 4.74 Å². The van der Waals surface area contributed by atoms with Crippen LogP contribution in [0.3, 0.4) is 0 Å². The maximum absolute atomic E-state index is 5.35. The third-order valence-electron chi connectivity index (χ3n) is 2.18. The Morgan fingerprint density at radius 3 is 2.77 bits per heavy atom. The quantitative estimate of drug-likeness (QED) is 0.749. The Balaban J connectivity index is 2.21. The van der Waals surface area contributed by atoms with Gasteiger partial charge in [0.2, 0.25) is 0 Å². The lowest BCUT2D eigenvalue weighted by atomic mass is 10.1. The molecule has 0 unspecified atom stereocenters. The van der Waals surface area contributed by atoms with Crippen molar-refractivity contribution in [3.05, 3.63) is 29.3 Å². The minimum atomic E-state index is 0.486. The van der Waals surface area contributed by atoms with E-state index < -0.39 is 0 Å². The predicted molar refractivity (Wildman–Crippen MR) is 53.7 cm³/mol. The molecule has 0 saturated carbocycles. The van der Waals surface area contributed by atoms with Gasteiger partial charge in [-0.1, -0.05) is 6.07 Å². The van der Waals surface area contributed by atoms with Crippen molar-refractivity contribution in [1.82, 2.24) is 0 Å². The van der Waals surface area contributed by atoms with Crippen LogP contribution in [0.25, 0.3) is 0 Å². The molecule has 70 valence electrons. The van der Waals surface area contributed by atoms with Crippen LogP contribution in [0.15, 0.2) is 18.2 Å². The number of nitrogens with one attached hydrogen (secondary N) is 1. The van der Waals surface area contributed by atoms with Gasteiger partial charge in [-0.25, -0.2) is 0 Å². The summed E-state index contributed by atoms with van der Waals surface area (Å²) in [5.41, 5.74) is 3.85. The third kappa shape index (κ3) is 1.83. The number of fused-ring (bicyclic) bond motifs is 1. The van der Waals surface area contributed by atoms with E-state index in [-0.39, 0.29) is 0 Å². The lowest BCUT2D eigenvalue weighted by Gasteiger charge is -2.10. The molecule has 1 aliphatic heterocycles.